The third-order valence-corrected chi connectivity index (χ3v) is 3.01. The van der Waals surface area contributed by atoms with Gasteiger partial charge in [-0.15, -0.1) is 5.10 Å². The molecule has 0 aliphatic carbocycles. The Bertz CT molecular complexity index is 291. The summed E-state index contributed by atoms with van der Waals surface area (Å²) in [5.41, 5.74) is 0. The fourth-order valence-electron chi connectivity index (χ4n) is 1.12. The van der Waals surface area contributed by atoms with Crippen molar-refractivity contribution in [1.29, 1.82) is 0 Å². The number of hydrogen-bond acceptors (Lipinski definition) is 6. The summed E-state index contributed by atoms with van der Waals surface area (Å²) in [5.74, 6) is 0.833. The zero-order valence-electron chi connectivity index (χ0n) is 9.76. The van der Waals surface area contributed by atoms with Crippen LogP contribution in [0.2, 0.25) is 0 Å². The number of tetrazole rings is 1. The molecule has 1 aromatic rings. The molecule has 0 spiro atoms. The molecule has 0 amide bonds. The lowest BCUT2D eigenvalue weighted by molar-refractivity contribution is 0.192. The van der Waals surface area contributed by atoms with E-state index >= 15 is 0 Å². The van der Waals surface area contributed by atoms with Gasteiger partial charge in [-0.05, 0) is 30.3 Å². The van der Waals surface area contributed by atoms with Crippen molar-refractivity contribution in [2.24, 2.45) is 0 Å². The molecule has 0 bridgehead atoms. The number of aromatic nitrogens is 4. The van der Waals surface area contributed by atoms with Crippen molar-refractivity contribution in [1.82, 2.24) is 25.5 Å². The monoisotopic (exact) mass is 245 g/mol. The minimum atomic E-state index is -0.265. The zero-order chi connectivity index (χ0) is 11.8. The van der Waals surface area contributed by atoms with Crippen LogP contribution in [0.5, 0.6) is 0 Å². The van der Waals surface area contributed by atoms with Gasteiger partial charge in [-0.3, -0.25) is 0 Å². The van der Waals surface area contributed by atoms with Crippen molar-refractivity contribution in [3.05, 3.63) is 0 Å². The molecule has 0 saturated heterocycles. The fraction of sp³-hybridized carbons (Fsp3) is 0.889. The average molecular weight is 245 g/mol. The Kier molecular flexibility index (Phi) is 6.36. The van der Waals surface area contributed by atoms with Gasteiger partial charge in [-0.2, -0.15) is 0 Å². The maximum absolute atomic E-state index is 9.14. The molecule has 1 atom stereocenters. The number of thioether (sulfide) groups is 1. The fourth-order valence-corrected chi connectivity index (χ4v) is 2.14. The lowest BCUT2D eigenvalue weighted by Gasteiger charge is -2.05. The summed E-state index contributed by atoms with van der Waals surface area (Å²) in [6.07, 6.45) is 0.490. The van der Waals surface area contributed by atoms with Crippen molar-refractivity contribution < 1.29 is 5.11 Å². The summed E-state index contributed by atoms with van der Waals surface area (Å²) in [7, 11) is 0. The minimum Gasteiger partial charge on any atom is -0.393 e. The SMILES string of the molecule is CCNCCn1nnnc1SCCC(C)O. The first-order valence-corrected chi connectivity index (χ1v) is 6.50. The van der Waals surface area contributed by atoms with Crippen molar-refractivity contribution in [3.8, 4) is 0 Å². The number of rotatable bonds is 8. The van der Waals surface area contributed by atoms with Gasteiger partial charge in [0.15, 0.2) is 0 Å². The first kappa shape index (κ1) is 13.4. The van der Waals surface area contributed by atoms with Crippen LogP contribution in [0.4, 0.5) is 0 Å². The van der Waals surface area contributed by atoms with Gasteiger partial charge in [-0.25, -0.2) is 4.68 Å². The highest BCUT2D eigenvalue weighted by Crippen LogP contribution is 2.15. The molecule has 7 heteroatoms. The predicted molar refractivity (Wildman–Crippen MR) is 63.4 cm³/mol. The molecule has 0 aromatic carbocycles. The van der Waals surface area contributed by atoms with Crippen LogP contribution in [0.1, 0.15) is 20.3 Å². The molecule has 0 radical (unpaired) electrons. The Balaban J connectivity index is 2.32. The quantitative estimate of drug-likeness (QED) is 0.501. The van der Waals surface area contributed by atoms with E-state index in [1.807, 2.05) is 0 Å². The average Bonchev–Trinajstić information content (AvgIpc) is 2.66. The van der Waals surface area contributed by atoms with Crippen LogP contribution in [-0.2, 0) is 6.54 Å². The molecule has 92 valence electrons. The van der Waals surface area contributed by atoms with Gasteiger partial charge >= 0.3 is 0 Å². The minimum absolute atomic E-state index is 0.265. The second-order valence-corrected chi connectivity index (χ2v) is 4.59. The molecule has 2 N–H and O–H groups in total. The largest absolute Gasteiger partial charge is 0.393 e. The Morgan fingerprint density at radius 1 is 1.56 bits per heavy atom. The third-order valence-electron chi connectivity index (χ3n) is 2.02. The van der Waals surface area contributed by atoms with Crippen LogP contribution >= 0.6 is 11.8 Å². The number of hydrogen-bond donors (Lipinski definition) is 2. The Morgan fingerprint density at radius 3 is 3.06 bits per heavy atom. The number of likely N-dealkylation sites (N-methyl/N-ethyl adjacent to an activating group) is 1. The van der Waals surface area contributed by atoms with Gasteiger partial charge in [0, 0.05) is 12.3 Å². The van der Waals surface area contributed by atoms with E-state index < -0.39 is 0 Å². The molecule has 0 aliphatic rings. The summed E-state index contributed by atoms with van der Waals surface area (Å²) in [5, 5.41) is 24.7. The molecular weight excluding hydrogens is 226 g/mol. The topological polar surface area (TPSA) is 75.9 Å². The van der Waals surface area contributed by atoms with E-state index in [0.29, 0.717) is 0 Å². The van der Waals surface area contributed by atoms with E-state index in [4.69, 9.17) is 5.11 Å². The number of nitrogens with zero attached hydrogens (tertiary/aromatic N) is 4. The molecule has 0 saturated carbocycles. The highest BCUT2D eigenvalue weighted by atomic mass is 32.2. The van der Waals surface area contributed by atoms with Crippen molar-refractivity contribution in [2.75, 3.05) is 18.8 Å². The Hall–Kier alpha value is -0.660. The molecule has 16 heavy (non-hydrogen) atoms. The maximum atomic E-state index is 9.14. The first-order chi connectivity index (χ1) is 7.74. The molecular formula is C9H19N5OS. The highest BCUT2D eigenvalue weighted by Gasteiger charge is 2.06. The van der Waals surface area contributed by atoms with Crippen LogP contribution in [-0.4, -0.2) is 50.3 Å². The highest BCUT2D eigenvalue weighted by molar-refractivity contribution is 7.99. The van der Waals surface area contributed by atoms with Crippen molar-refractivity contribution >= 4 is 11.8 Å². The van der Waals surface area contributed by atoms with Crippen LogP contribution in [0.25, 0.3) is 0 Å². The van der Waals surface area contributed by atoms with E-state index in [2.05, 4.69) is 27.8 Å². The Morgan fingerprint density at radius 2 is 2.38 bits per heavy atom. The molecule has 1 aromatic heterocycles. The summed E-state index contributed by atoms with van der Waals surface area (Å²) in [6, 6.07) is 0. The van der Waals surface area contributed by atoms with Gasteiger partial charge in [0.1, 0.15) is 0 Å². The lowest BCUT2D eigenvalue weighted by Crippen LogP contribution is -2.20. The van der Waals surface area contributed by atoms with Crippen LogP contribution < -0.4 is 5.32 Å². The van der Waals surface area contributed by atoms with Gasteiger partial charge in [-0.1, -0.05) is 18.7 Å². The van der Waals surface area contributed by atoms with Gasteiger partial charge in [0.05, 0.1) is 12.6 Å². The maximum Gasteiger partial charge on any atom is 0.209 e. The normalized spacial score (nSPS) is 12.9. The first-order valence-electron chi connectivity index (χ1n) is 5.51. The lowest BCUT2D eigenvalue weighted by atomic mass is 10.3. The number of aliphatic hydroxyl groups is 1. The molecule has 0 aliphatic heterocycles. The molecule has 6 nitrogen and oxygen atoms in total. The second-order valence-electron chi connectivity index (χ2n) is 3.52. The zero-order valence-corrected chi connectivity index (χ0v) is 10.6. The van der Waals surface area contributed by atoms with E-state index in [-0.39, 0.29) is 6.10 Å². The van der Waals surface area contributed by atoms with Crippen molar-refractivity contribution in [3.63, 3.8) is 0 Å². The van der Waals surface area contributed by atoms with Gasteiger partial charge < -0.3 is 10.4 Å². The van der Waals surface area contributed by atoms with Crippen LogP contribution in [0, 0.1) is 0 Å². The van der Waals surface area contributed by atoms with E-state index in [1.165, 1.54) is 0 Å². The molecule has 1 heterocycles. The molecule has 0 fully saturated rings. The van der Waals surface area contributed by atoms with E-state index in [1.54, 1.807) is 23.4 Å². The van der Waals surface area contributed by atoms with Crippen molar-refractivity contribution in [2.45, 2.75) is 38.1 Å². The number of aliphatic hydroxyl groups excluding tert-OH is 1. The summed E-state index contributed by atoms with van der Waals surface area (Å²) >= 11 is 1.58. The molecule has 1 rings (SSSR count). The second kappa shape index (κ2) is 7.59. The standard InChI is InChI=1S/C9H19N5OS/c1-3-10-5-6-14-9(11-12-13-14)16-7-4-8(2)15/h8,10,15H,3-7H2,1-2H3. The molecule has 1 unspecified atom stereocenters. The Labute approximate surface area is 99.8 Å². The van der Waals surface area contributed by atoms with Gasteiger partial charge in [0.25, 0.3) is 0 Å². The predicted octanol–water partition coefficient (Wildman–Crippen LogP) is 0.146. The van der Waals surface area contributed by atoms with E-state index in [0.717, 1.165) is 37.0 Å². The summed E-state index contributed by atoms with van der Waals surface area (Å²) < 4.78 is 1.79. The van der Waals surface area contributed by atoms with Crippen LogP contribution in [0.15, 0.2) is 5.16 Å². The van der Waals surface area contributed by atoms with E-state index in [9.17, 15) is 0 Å². The van der Waals surface area contributed by atoms with Gasteiger partial charge in [0.2, 0.25) is 5.16 Å². The summed E-state index contributed by atoms with van der Waals surface area (Å²) in [4.78, 5) is 0. The third kappa shape index (κ3) is 4.91. The van der Waals surface area contributed by atoms with Crippen LogP contribution in [0.3, 0.4) is 0 Å². The summed E-state index contributed by atoms with van der Waals surface area (Å²) in [6.45, 7) is 6.45. The number of nitrogens with one attached hydrogen (secondary N) is 1. The smallest absolute Gasteiger partial charge is 0.209 e.